The number of fused-ring (bicyclic) bond motifs is 1. The van der Waals surface area contributed by atoms with Gasteiger partial charge in [0.05, 0.1) is 11.0 Å². The lowest BCUT2D eigenvalue weighted by atomic mass is 10.1. The minimum absolute atomic E-state index is 0.0495. The molecule has 1 fully saturated rings. The molecule has 0 aromatic heterocycles. The van der Waals surface area contributed by atoms with Crippen molar-refractivity contribution in [3.8, 4) is 0 Å². The van der Waals surface area contributed by atoms with Crippen molar-refractivity contribution >= 4 is 21.6 Å². The van der Waals surface area contributed by atoms with Crippen molar-refractivity contribution in [2.45, 2.75) is 50.2 Å². The number of benzene rings is 1. The molecule has 0 saturated carbocycles. The predicted octanol–water partition coefficient (Wildman–Crippen LogP) is 3.35. The van der Waals surface area contributed by atoms with Gasteiger partial charge in [0.25, 0.3) is 0 Å². The summed E-state index contributed by atoms with van der Waals surface area (Å²) in [5, 5.41) is 0. The molecule has 0 atom stereocenters. The number of nitrogens with zero attached hydrogens (tertiary/aromatic N) is 2. The lowest BCUT2D eigenvalue weighted by Gasteiger charge is -2.32. The largest absolute Gasteiger partial charge is 0.490 e. The number of hydrogen-bond acceptors (Lipinski definition) is 7. The molecule has 180 valence electrons. The number of piperidine rings is 1. The van der Waals surface area contributed by atoms with Crippen molar-refractivity contribution in [1.29, 1.82) is 0 Å². The zero-order valence-electron chi connectivity index (χ0n) is 19.5. The third-order valence-electron chi connectivity index (χ3n) is 5.63. The SMILES string of the molecule is C=C(/C=C(\C=C/N)OC1CCN(C(=O)OC(C)C)CC1)N1CCc2cc(S(C)(=O)=O)ccc21. The Morgan fingerprint density at radius 1 is 1.24 bits per heavy atom. The highest BCUT2D eigenvalue weighted by molar-refractivity contribution is 7.90. The van der Waals surface area contributed by atoms with Crippen molar-refractivity contribution in [2.75, 3.05) is 30.8 Å². The van der Waals surface area contributed by atoms with Gasteiger partial charge in [-0.1, -0.05) is 6.58 Å². The van der Waals surface area contributed by atoms with E-state index in [0.717, 1.165) is 23.4 Å². The quantitative estimate of drug-likeness (QED) is 0.477. The predicted molar refractivity (Wildman–Crippen MR) is 128 cm³/mol. The molecule has 0 unspecified atom stereocenters. The molecule has 2 N–H and O–H groups in total. The standard InChI is InChI=1S/C24H33N3O5S/c1-17(2)31-24(28)26-12-9-20(10-13-26)32-21(7-11-25)15-18(3)27-14-8-19-16-22(33(4,29)30)5-6-23(19)27/h5-7,11,15-17,20H,3,8-10,12-14,25H2,1-2,4H3/b11-7-,21-15+. The van der Waals surface area contributed by atoms with Crippen molar-refractivity contribution in [3.63, 3.8) is 0 Å². The van der Waals surface area contributed by atoms with E-state index in [1.165, 1.54) is 12.5 Å². The van der Waals surface area contributed by atoms with E-state index >= 15 is 0 Å². The van der Waals surface area contributed by atoms with E-state index in [1.807, 2.05) is 30.9 Å². The van der Waals surface area contributed by atoms with Gasteiger partial charge in [-0.05, 0) is 56.3 Å². The van der Waals surface area contributed by atoms with Crippen LogP contribution in [0.25, 0.3) is 0 Å². The third-order valence-corrected chi connectivity index (χ3v) is 6.74. The van der Waals surface area contributed by atoms with E-state index in [0.29, 0.717) is 43.1 Å². The summed E-state index contributed by atoms with van der Waals surface area (Å²) in [5.41, 5.74) is 8.28. The van der Waals surface area contributed by atoms with Crippen LogP contribution in [0.5, 0.6) is 0 Å². The molecular formula is C24H33N3O5S. The van der Waals surface area contributed by atoms with Crippen molar-refractivity contribution in [3.05, 3.63) is 60.1 Å². The normalized spacial score (nSPS) is 17.5. The highest BCUT2D eigenvalue weighted by atomic mass is 32.2. The number of hydrogen-bond donors (Lipinski definition) is 1. The maximum Gasteiger partial charge on any atom is 0.410 e. The van der Waals surface area contributed by atoms with Crippen LogP contribution in [0.1, 0.15) is 32.3 Å². The molecule has 2 aliphatic heterocycles. The Labute approximate surface area is 196 Å². The summed E-state index contributed by atoms with van der Waals surface area (Å²) < 4.78 is 35.1. The number of amides is 1. The van der Waals surface area contributed by atoms with Crippen molar-refractivity contribution in [1.82, 2.24) is 4.90 Å². The molecule has 2 aliphatic rings. The Bertz CT molecular complexity index is 1050. The maximum absolute atomic E-state index is 12.1. The van der Waals surface area contributed by atoms with Crippen LogP contribution in [-0.4, -0.2) is 57.5 Å². The lowest BCUT2D eigenvalue weighted by molar-refractivity contribution is 0.0344. The molecule has 3 rings (SSSR count). The molecule has 9 heteroatoms. The van der Waals surface area contributed by atoms with Crippen LogP contribution in [0.3, 0.4) is 0 Å². The highest BCUT2D eigenvalue weighted by Gasteiger charge is 2.26. The van der Waals surface area contributed by atoms with Gasteiger partial charge >= 0.3 is 6.09 Å². The molecule has 0 radical (unpaired) electrons. The molecule has 1 aromatic carbocycles. The molecule has 0 aliphatic carbocycles. The smallest absolute Gasteiger partial charge is 0.410 e. The zero-order chi connectivity index (χ0) is 24.2. The number of rotatable bonds is 7. The van der Waals surface area contributed by atoms with Gasteiger partial charge in [0.1, 0.15) is 11.9 Å². The average Bonchev–Trinajstić information content (AvgIpc) is 3.17. The lowest BCUT2D eigenvalue weighted by Crippen LogP contribution is -2.41. The van der Waals surface area contributed by atoms with Gasteiger partial charge in [0, 0.05) is 56.2 Å². The molecule has 1 amide bonds. The summed E-state index contributed by atoms with van der Waals surface area (Å²) in [6, 6.07) is 5.18. The second-order valence-electron chi connectivity index (χ2n) is 8.60. The topological polar surface area (TPSA) is 102 Å². The van der Waals surface area contributed by atoms with E-state index in [1.54, 1.807) is 23.1 Å². The molecule has 1 aromatic rings. The number of likely N-dealkylation sites (tertiary alicyclic amines) is 1. The first kappa shape index (κ1) is 24.7. The minimum Gasteiger partial charge on any atom is -0.490 e. The first-order chi connectivity index (χ1) is 15.6. The van der Waals surface area contributed by atoms with Crippen LogP contribution in [0.15, 0.2) is 59.5 Å². The van der Waals surface area contributed by atoms with Gasteiger partial charge in [-0.25, -0.2) is 13.2 Å². The van der Waals surface area contributed by atoms with Crippen LogP contribution < -0.4 is 10.6 Å². The van der Waals surface area contributed by atoms with Gasteiger partial charge in [0.2, 0.25) is 0 Å². The maximum atomic E-state index is 12.1. The number of carbonyl (C=O) groups is 1. The van der Waals surface area contributed by atoms with Gasteiger partial charge in [-0.3, -0.25) is 0 Å². The van der Waals surface area contributed by atoms with Gasteiger partial charge in [-0.2, -0.15) is 0 Å². The van der Waals surface area contributed by atoms with Gasteiger partial charge in [0.15, 0.2) is 9.84 Å². The molecule has 2 heterocycles. The number of anilines is 1. The number of ether oxygens (including phenoxy) is 2. The first-order valence-corrected chi connectivity index (χ1v) is 13.0. The number of allylic oxidation sites excluding steroid dienone is 2. The Morgan fingerprint density at radius 3 is 2.55 bits per heavy atom. The van der Waals surface area contributed by atoms with Crippen molar-refractivity contribution in [2.24, 2.45) is 5.73 Å². The third kappa shape index (κ3) is 6.31. The molecule has 8 nitrogen and oxygen atoms in total. The number of carbonyl (C=O) groups excluding carboxylic acids is 1. The van der Waals surface area contributed by atoms with Crippen LogP contribution in [0.4, 0.5) is 10.5 Å². The minimum atomic E-state index is -3.25. The van der Waals surface area contributed by atoms with Crippen LogP contribution in [-0.2, 0) is 25.7 Å². The van der Waals surface area contributed by atoms with Gasteiger partial charge in [-0.15, -0.1) is 0 Å². The Kier molecular flexibility index (Phi) is 7.73. The second kappa shape index (κ2) is 10.3. The number of sulfone groups is 1. The fourth-order valence-corrected chi connectivity index (χ4v) is 4.66. The molecule has 1 saturated heterocycles. The molecular weight excluding hydrogens is 442 g/mol. The van der Waals surface area contributed by atoms with E-state index < -0.39 is 9.84 Å². The summed E-state index contributed by atoms with van der Waals surface area (Å²) in [6.07, 6.45) is 7.79. The monoisotopic (exact) mass is 475 g/mol. The van der Waals surface area contributed by atoms with E-state index in [9.17, 15) is 13.2 Å². The van der Waals surface area contributed by atoms with Crippen LogP contribution in [0, 0.1) is 0 Å². The second-order valence-corrected chi connectivity index (χ2v) is 10.6. The fraction of sp³-hybridized carbons (Fsp3) is 0.458. The summed E-state index contributed by atoms with van der Waals surface area (Å²) in [4.78, 5) is 16.1. The summed E-state index contributed by atoms with van der Waals surface area (Å²) in [7, 11) is -3.25. The van der Waals surface area contributed by atoms with E-state index in [-0.39, 0.29) is 18.3 Å². The Hall–Kier alpha value is -2.94. The van der Waals surface area contributed by atoms with Gasteiger partial charge < -0.3 is 25.0 Å². The molecule has 0 spiro atoms. The summed E-state index contributed by atoms with van der Waals surface area (Å²) in [6.45, 7) is 9.70. The number of nitrogens with two attached hydrogens (primary N) is 1. The van der Waals surface area contributed by atoms with Crippen LogP contribution in [0.2, 0.25) is 0 Å². The Morgan fingerprint density at radius 2 is 1.94 bits per heavy atom. The molecule has 33 heavy (non-hydrogen) atoms. The Balaban J connectivity index is 1.65. The van der Waals surface area contributed by atoms with E-state index in [4.69, 9.17) is 15.2 Å². The first-order valence-electron chi connectivity index (χ1n) is 11.1. The summed E-state index contributed by atoms with van der Waals surface area (Å²) in [5.74, 6) is 0.590. The van der Waals surface area contributed by atoms with Crippen molar-refractivity contribution < 1.29 is 22.7 Å². The zero-order valence-corrected chi connectivity index (χ0v) is 20.3. The average molecular weight is 476 g/mol. The van der Waals surface area contributed by atoms with E-state index in [2.05, 4.69) is 6.58 Å². The van der Waals surface area contributed by atoms with Crippen LogP contribution >= 0.6 is 0 Å². The fourth-order valence-electron chi connectivity index (χ4n) is 3.99. The highest BCUT2D eigenvalue weighted by Crippen LogP contribution is 2.33. The molecule has 0 bridgehead atoms. The summed E-state index contributed by atoms with van der Waals surface area (Å²) >= 11 is 0.